The van der Waals surface area contributed by atoms with Crippen molar-refractivity contribution in [3.63, 3.8) is 0 Å². The molecule has 30 aromatic carbocycles. The maximum Gasteiger partial charge on any atom is 0.161 e. The van der Waals surface area contributed by atoms with Gasteiger partial charge in [-0.05, 0) is 427 Å². The third-order valence-corrected chi connectivity index (χ3v) is 33.6. The van der Waals surface area contributed by atoms with Crippen LogP contribution < -0.4 is 18.9 Å². The van der Waals surface area contributed by atoms with Crippen LogP contribution in [0.4, 0.5) is 0 Å². The quantitative estimate of drug-likeness (QED) is 0.0325. The third-order valence-electron chi connectivity index (χ3n) is 31.9. The Morgan fingerprint density at radius 2 is 0.446 bits per heavy atom. The van der Waals surface area contributed by atoms with Gasteiger partial charge in [0.15, 0.2) is 11.5 Å². The highest BCUT2D eigenvalue weighted by Gasteiger charge is 2.94. The highest BCUT2D eigenvalue weighted by molar-refractivity contribution is 14.1. The first-order valence-corrected chi connectivity index (χ1v) is 41.1. The summed E-state index contributed by atoms with van der Waals surface area (Å²) in [4.78, 5) is 0. The van der Waals surface area contributed by atoms with Gasteiger partial charge < -0.3 is 18.9 Å². The van der Waals surface area contributed by atoms with Gasteiger partial charge in [0.05, 0.1) is 33.6 Å². The minimum absolute atomic E-state index is 0.412. The number of halogens is 2. The van der Waals surface area contributed by atoms with Crippen molar-refractivity contribution < 1.29 is 18.9 Å². The summed E-state index contributed by atoms with van der Waals surface area (Å²) in [6, 6.07) is 12.2. The smallest absolute Gasteiger partial charge is 0.161 e. The number of unbranched alkanes of at least 4 members (excludes halogenated alkanes) is 10. The van der Waals surface area contributed by atoms with Gasteiger partial charge in [-0.25, -0.2) is 0 Å². The number of ether oxygens (including phenoxy) is 4. The fourth-order valence-electron chi connectivity index (χ4n) is 30.2. The van der Waals surface area contributed by atoms with Gasteiger partial charge in [-0.15, -0.1) is 0 Å². The predicted molar refractivity (Wildman–Crippen MR) is 442 cm³/mol. The highest BCUT2D eigenvalue weighted by atomic mass is 127. The molecule has 0 unspecified atom stereocenters. The second-order valence-electron chi connectivity index (χ2n) is 34.6. The standard InChI is InChI=1S/C95H52I2O4/c1-4-7-10-14-21-98-31-19-18-28(25-34(31)101-23-16-12-9-6-3)93(20-13-17-24-100-33-27-29(96)32(26-30(33)97)99-22-15-11-8-5-2)94-89-81-73-63-53-45-37-35-36-39-43-41(37)49-57-51(43)61-55-47(39)48-40(36)44-42-38(35)46(45)54-60-50(42)58-52(44)62-56(48)66-65(55)75-69(61)79-71(57)77(67(73)59(49)53)85(89)87(79)91-83(75)84-76(66)70(62)80-72(58)78-68(60)74(64(54)63)82(81)90(94)86(78)88(80)92(84)95(91,93)94/h18-19,25-27H,4-17,20-24H2,1-3H3. The van der Waals surface area contributed by atoms with Crippen molar-refractivity contribution in [1.29, 1.82) is 0 Å². The fourth-order valence-corrected chi connectivity index (χ4v) is 31.4. The van der Waals surface area contributed by atoms with Crippen molar-refractivity contribution in [2.75, 3.05) is 26.4 Å². The van der Waals surface area contributed by atoms with Crippen LogP contribution in [0, 0.1) is 7.14 Å². The van der Waals surface area contributed by atoms with E-state index in [4.69, 9.17) is 18.9 Å². The van der Waals surface area contributed by atoms with Crippen molar-refractivity contribution in [3.8, 4) is 23.0 Å². The summed E-state index contributed by atoms with van der Waals surface area (Å²) >= 11 is 5.00. The molecule has 30 aromatic rings. The molecule has 4 nitrogen and oxygen atoms in total. The molecule has 2 spiro atoms. The molecule has 0 N–H and O–H groups in total. The highest BCUT2D eigenvalue weighted by Crippen LogP contribution is 2.97. The summed E-state index contributed by atoms with van der Waals surface area (Å²) in [7, 11) is 0. The second-order valence-corrected chi connectivity index (χ2v) is 36.9. The first kappa shape index (κ1) is 49.2. The van der Waals surface area contributed by atoms with E-state index >= 15 is 0 Å². The van der Waals surface area contributed by atoms with Gasteiger partial charge in [0, 0.05) is 16.2 Å². The van der Waals surface area contributed by atoms with Crippen molar-refractivity contribution in [1.82, 2.24) is 0 Å². The first-order chi connectivity index (χ1) is 50.1. The molecule has 0 aromatic heterocycles. The van der Waals surface area contributed by atoms with Crippen LogP contribution >= 0.6 is 45.2 Å². The Morgan fingerprint density at radius 1 is 0.228 bits per heavy atom. The van der Waals surface area contributed by atoms with E-state index in [-0.39, 0.29) is 0 Å². The molecule has 470 valence electrons. The zero-order chi connectivity index (χ0) is 63.8. The summed E-state index contributed by atoms with van der Waals surface area (Å²) < 4.78 is 30.4. The maximum atomic E-state index is 7.44. The topological polar surface area (TPSA) is 36.9 Å². The number of hydrogen-bond acceptors (Lipinski definition) is 4. The fraction of sp³-hybridized carbons (Fsp3) is 0.263. The molecule has 1 saturated carbocycles. The SMILES string of the molecule is CCCCCCOc1cc(I)c(OCCCCC2(c3ccc(OCCCCCC)c(OCCCCCC)c3)C34c5c6c7c8c9c%10c(c%11c%12c3c3c5c5c%13c6c6c7c7c9c9c%14c%10c%10c%11c%11c%12c%12c3c3c5c5c%13c%13c6c6c7c9c7c9c%14c%10c%10c%11c%11c%12c3c3c5c5c%13c6c7c6c9c%10c%11c3c56)C824)cc1I. The Hall–Kier alpha value is -8.44. The van der Waals surface area contributed by atoms with Crippen molar-refractivity contribution >= 4 is 336 Å². The summed E-state index contributed by atoms with van der Waals surface area (Å²) in [5.41, 5.74) is 7.24. The van der Waals surface area contributed by atoms with Crippen LogP contribution in [0.25, 0.3) is 291 Å². The van der Waals surface area contributed by atoms with Crippen LogP contribution in [-0.4, -0.2) is 26.4 Å². The van der Waals surface area contributed by atoms with E-state index in [0.29, 0.717) is 19.8 Å². The number of benzene rings is 20. The monoisotopic (exact) mass is 1510 g/mol. The molecule has 0 amide bonds. The molecule has 0 saturated heterocycles. The maximum absolute atomic E-state index is 7.44. The van der Waals surface area contributed by atoms with Crippen LogP contribution in [-0.2, 0) is 16.2 Å². The van der Waals surface area contributed by atoms with Gasteiger partial charge in [-0.3, -0.25) is 0 Å². The molecular weight excluding hydrogens is 1460 g/mol. The van der Waals surface area contributed by atoms with Crippen LogP contribution in [0.2, 0.25) is 0 Å². The zero-order valence-electron chi connectivity index (χ0n) is 55.7. The molecule has 0 aliphatic heterocycles. The van der Waals surface area contributed by atoms with E-state index in [1.165, 1.54) is 63.4 Å². The molecular formula is C95H52I2O4. The van der Waals surface area contributed by atoms with Crippen LogP contribution in [0.15, 0.2) is 30.3 Å². The predicted octanol–water partition coefficient (Wildman–Crippen LogP) is 27.6. The molecule has 0 bridgehead atoms. The van der Waals surface area contributed by atoms with Gasteiger partial charge >= 0.3 is 0 Å². The molecule has 0 atom stereocenters. The van der Waals surface area contributed by atoms with E-state index < -0.39 is 16.2 Å². The molecule has 5 aliphatic carbocycles. The molecule has 6 heteroatoms. The molecule has 0 radical (unpaired) electrons. The zero-order valence-corrected chi connectivity index (χ0v) is 60.0. The molecule has 0 heterocycles. The van der Waals surface area contributed by atoms with Crippen molar-refractivity contribution in [2.45, 2.75) is 133 Å². The Balaban J connectivity index is 0.756. The molecule has 35 rings (SSSR count). The minimum atomic E-state index is -0.413. The lowest BCUT2D eigenvalue weighted by Gasteiger charge is -2.32. The average Bonchev–Trinajstić information content (AvgIpc) is 1.36. The lowest BCUT2D eigenvalue weighted by Crippen LogP contribution is -2.27. The lowest BCUT2D eigenvalue weighted by atomic mass is 9.68. The minimum Gasteiger partial charge on any atom is -0.492 e. The summed E-state index contributed by atoms with van der Waals surface area (Å²) in [6.45, 7) is 9.74. The van der Waals surface area contributed by atoms with Crippen molar-refractivity contribution in [3.05, 3.63) is 65.3 Å². The van der Waals surface area contributed by atoms with Crippen LogP contribution in [0.5, 0.6) is 23.0 Å². The summed E-state index contributed by atoms with van der Waals surface area (Å²) in [6.07, 6.45) is 17.1. The third kappa shape index (κ3) is 3.70. The number of rotatable bonds is 25. The molecule has 101 heavy (non-hydrogen) atoms. The van der Waals surface area contributed by atoms with Gasteiger partial charge in [0.2, 0.25) is 0 Å². The van der Waals surface area contributed by atoms with E-state index in [0.717, 1.165) is 75.3 Å². The second kappa shape index (κ2) is 13.9. The van der Waals surface area contributed by atoms with E-state index in [1.807, 2.05) is 0 Å². The average molecular weight is 1510 g/mol. The summed E-state index contributed by atoms with van der Waals surface area (Å²) in [5, 5.41) is 89.2. The van der Waals surface area contributed by atoms with Gasteiger partial charge in [-0.2, -0.15) is 0 Å². The van der Waals surface area contributed by atoms with Gasteiger partial charge in [0.1, 0.15) is 11.5 Å². The largest absolute Gasteiger partial charge is 0.492 e. The molecule has 1 fully saturated rings. The summed E-state index contributed by atoms with van der Waals surface area (Å²) in [5.74, 6) is 3.84. The molecule has 5 aliphatic rings. The first-order valence-electron chi connectivity index (χ1n) is 39.0. The van der Waals surface area contributed by atoms with E-state index in [9.17, 15) is 0 Å². The number of hydrogen-bond donors (Lipinski definition) is 0. The normalized spacial score (nSPS) is 20.4. The van der Waals surface area contributed by atoms with Crippen LogP contribution in [0.1, 0.15) is 145 Å². The van der Waals surface area contributed by atoms with Gasteiger partial charge in [0.25, 0.3) is 0 Å². The van der Waals surface area contributed by atoms with E-state index in [1.54, 1.807) is 313 Å². The Labute approximate surface area is 597 Å². The Morgan fingerprint density at radius 3 is 0.693 bits per heavy atom. The van der Waals surface area contributed by atoms with Gasteiger partial charge in [-0.1, -0.05) is 84.6 Å². The Kier molecular flexibility index (Phi) is 6.77. The lowest BCUT2D eigenvalue weighted by molar-refractivity contribution is 0.258. The Bertz CT molecular complexity index is 7950. The van der Waals surface area contributed by atoms with E-state index in [2.05, 4.69) is 96.3 Å². The van der Waals surface area contributed by atoms with Crippen LogP contribution in [0.3, 0.4) is 0 Å². The van der Waals surface area contributed by atoms with Crippen molar-refractivity contribution in [2.24, 2.45) is 0 Å².